The first-order valence-corrected chi connectivity index (χ1v) is 5.85. The third-order valence-electron chi connectivity index (χ3n) is 3.74. The number of aromatic nitrogens is 2. The molecule has 3 nitrogen and oxygen atoms in total. The van der Waals surface area contributed by atoms with E-state index in [9.17, 15) is 0 Å². The number of hydrogen-bond donors (Lipinski definition) is 0. The summed E-state index contributed by atoms with van der Waals surface area (Å²) in [5, 5.41) is 0. The first-order chi connectivity index (χ1) is 7.18. The molecule has 1 aliphatic rings. The fraction of sp³-hybridized carbons (Fsp3) is 0.750. The van der Waals surface area contributed by atoms with E-state index in [0.717, 1.165) is 5.92 Å². The zero-order chi connectivity index (χ0) is 10.8. The van der Waals surface area contributed by atoms with Crippen LogP contribution in [0.15, 0.2) is 12.5 Å². The van der Waals surface area contributed by atoms with Crippen molar-refractivity contribution in [1.29, 1.82) is 0 Å². The van der Waals surface area contributed by atoms with Gasteiger partial charge in [-0.1, -0.05) is 0 Å². The van der Waals surface area contributed by atoms with Gasteiger partial charge in [0.05, 0.1) is 6.33 Å². The van der Waals surface area contributed by atoms with Gasteiger partial charge in [-0.15, -0.1) is 0 Å². The van der Waals surface area contributed by atoms with Crippen molar-refractivity contribution >= 4 is 0 Å². The third kappa shape index (κ3) is 2.23. The highest BCUT2D eigenvalue weighted by Crippen LogP contribution is 2.28. The maximum atomic E-state index is 4.21. The summed E-state index contributed by atoms with van der Waals surface area (Å²) >= 11 is 0. The van der Waals surface area contributed by atoms with Crippen molar-refractivity contribution < 1.29 is 0 Å². The van der Waals surface area contributed by atoms with Crippen LogP contribution in [0.3, 0.4) is 0 Å². The zero-order valence-corrected chi connectivity index (χ0v) is 9.98. The van der Waals surface area contributed by atoms with Crippen molar-refractivity contribution in [3.8, 4) is 0 Å². The monoisotopic (exact) mass is 207 g/mol. The average Bonchev–Trinajstić information content (AvgIpc) is 2.65. The normalized spacial score (nSPS) is 21.8. The molecule has 0 bridgehead atoms. The summed E-state index contributed by atoms with van der Waals surface area (Å²) in [5.41, 5.74) is 1.28. The van der Waals surface area contributed by atoms with Gasteiger partial charge in [0.1, 0.15) is 0 Å². The topological polar surface area (TPSA) is 21.1 Å². The fourth-order valence-corrected chi connectivity index (χ4v) is 2.54. The summed E-state index contributed by atoms with van der Waals surface area (Å²) in [4.78, 5) is 6.63. The van der Waals surface area contributed by atoms with Gasteiger partial charge in [-0.25, -0.2) is 4.98 Å². The fourth-order valence-electron chi connectivity index (χ4n) is 2.54. The van der Waals surface area contributed by atoms with E-state index in [1.807, 2.05) is 12.5 Å². The molecule has 2 rings (SSSR count). The van der Waals surface area contributed by atoms with Gasteiger partial charge < -0.3 is 9.47 Å². The molecule has 1 fully saturated rings. The summed E-state index contributed by atoms with van der Waals surface area (Å²) < 4.78 is 2.32. The van der Waals surface area contributed by atoms with E-state index < -0.39 is 0 Å². The van der Waals surface area contributed by atoms with E-state index in [1.54, 1.807) is 0 Å². The van der Waals surface area contributed by atoms with Gasteiger partial charge in [0.2, 0.25) is 0 Å². The van der Waals surface area contributed by atoms with E-state index >= 15 is 0 Å². The molecular weight excluding hydrogens is 186 g/mol. The number of piperidine rings is 1. The minimum atomic E-state index is 0.598. The second kappa shape index (κ2) is 4.35. The first-order valence-electron chi connectivity index (χ1n) is 5.85. The molecule has 0 N–H and O–H groups in total. The van der Waals surface area contributed by atoms with Crippen molar-refractivity contribution in [3.05, 3.63) is 18.2 Å². The Morgan fingerprint density at radius 1 is 1.40 bits per heavy atom. The summed E-state index contributed by atoms with van der Waals surface area (Å²) in [7, 11) is 2.21. The molecule has 15 heavy (non-hydrogen) atoms. The minimum Gasteiger partial charge on any atom is -0.332 e. The van der Waals surface area contributed by atoms with Crippen LogP contribution < -0.4 is 0 Å². The molecule has 0 aliphatic carbocycles. The van der Waals surface area contributed by atoms with Crippen LogP contribution in [0.2, 0.25) is 0 Å². The van der Waals surface area contributed by atoms with E-state index in [0.29, 0.717) is 6.04 Å². The van der Waals surface area contributed by atoms with Gasteiger partial charge in [0.15, 0.2) is 0 Å². The Bertz CT molecular complexity index is 310. The molecule has 0 saturated carbocycles. The van der Waals surface area contributed by atoms with Gasteiger partial charge in [-0.05, 0) is 52.7 Å². The number of hydrogen-bond acceptors (Lipinski definition) is 2. The van der Waals surface area contributed by atoms with Crippen molar-refractivity contribution in [2.75, 3.05) is 20.1 Å². The lowest BCUT2D eigenvalue weighted by molar-refractivity contribution is 0.179. The second-order valence-corrected chi connectivity index (χ2v) is 4.82. The van der Waals surface area contributed by atoms with E-state index in [1.165, 1.54) is 31.6 Å². The smallest absolute Gasteiger partial charge is 0.0950 e. The first kappa shape index (κ1) is 10.7. The summed E-state index contributed by atoms with van der Waals surface area (Å²) in [6.07, 6.45) is 6.55. The molecule has 3 heteroatoms. The van der Waals surface area contributed by atoms with Crippen LogP contribution in [-0.2, 0) is 0 Å². The van der Waals surface area contributed by atoms with Crippen molar-refractivity contribution in [2.45, 2.75) is 32.7 Å². The Morgan fingerprint density at radius 3 is 2.60 bits per heavy atom. The number of imidazole rings is 1. The van der Waals surface area contributed by atoms with Gasteiger partial charge in [-0.2, -0.15) is 0 Å². The highest BCUT2D eigenvalue weighted by atomic mass is 15.1. The summed E-state index contributed by atoms with van der Waals surface area (Å²) in [6.45, 7) is 6.94. The highest BCUT2D eigenvalue weighted by Gasteiger charge is 2.23. The average molecular weight is 207 g/mol. The van der Waals surface area contributed by atoms with Crippen molar-refractivity contribution in [2.24, 2.45) is 5.92 Å². The predicted octanol–water partition coefficient (Wildman–Crippen LogP) is 2.09. The Labute approximate surface area is 92.1 Å². The third-order valence-corrected chi connectivity index (χ3v) is 3.74. The van der Waals surface area contributed by atoms with Crippen LogP contribution >= 0.6 is 0 Å². The van der Waals surface area contributed by atoms with Crippen LogP contribution in [-0.4, -0.2) is 34.6 Å². The van der Waals surface area contributed by atoms with Gasteiger partial charge in [-0.3, -0.25) is 0 Å². The van der Waals surface area contributed by atoms with E-state index in [4.69, 9.17) is 0 Å². The molecule has 0 radical (unpaired) electrons. The number of aryl methyl sites for hydroxylation is 1. The molecule has 1 aromatic heterocycles. The second-order valence-electron chi connectivity index (χ2n) is 4.82. The Balaban J connectivity index is 2.02. The zero-order valence-electron chi connectivity index (χ0n) is 9.98. The largest absolute Gasteiger partial charge is 0.332 e. The Kier molecular flexibility index (Phi) is 3.10. The van der Waals surface area contributed by atoms with Crippen LogP contribution in [0.5, 0.6) is 0 Å². The molecule has 1 atom stereocenters. The molecule has 1 aliphatic heterocycles. The van der Waals surface area contributed by atoms with Gasteiger partial charge in [0.25, 0.3) is 0 Å². The molecule has 1 aromatic rings. The predicted molar refractivity (Wildman–Crippen MR) is 61.9 cm³/mol. The lowest BCUT2D eigenvalue weighted by Gasteiger charge is -2.33. The van der Waals surface area contributed by atoms with Crippen LogP contribution in [0.1, 0.15) is 31.5 Å². The summed E-state index contributed by atoms with van der Waals surface area (Å²) in [5.74, 6) is 0.814. The standard InChI is InChI=1S/C12H21N3/c1-10-8-13-9-15(10)11(2)12-4-6-14(3)7-5-12/h8-9,11-12H,4-7H2,1-3H3. The molecule has 0 spiro atoms. The van der Waals surface area contributed by atoms with Crippen molar-refractivity contribution in [3.63, 3.8) is 0 Å². The number of likely N-dealkylation sites (tertiary alicyclic amines) is 1. The molecule has 1 unspecified atom stereocenters. The molecule has 1 saturated heterocycles. The Hall–Kier alpha value is -0.830. The van der Waals surface area contributed by atoms with Crippen LogP contribution in [0.25, 0.3) is 0 Å². The lowest BCUT2D eigenvalue weighted by atomic mass is 9.90. The Morgan fingerprint density at radius 2 is 2.07 bits per heavy atom. The molecule has 0 aromatic carbocycles. The number of nitrogens with zero attached hydrogens (tertiary/aromatic N) is 3. The number of rotatable bonds is 2. The van der Waals surface area contributed by atoms with E-state index in [2.05, 4.69) is 35.3 Å². The maximum absolute atomic E-state index is 4.21. The van der Waals surface area contributed by atoms with Gasteiger partial charge in [0, 0.05) is 17.9 Å². The SMILES string of the molecule is Cc1cncn1C(C)C1CCN(C)CC1. The van der Waals surface area contributed by atoms with Gasteiger partial charge >= 0.3 is 0 Å². The van der Waals surface area contributed by atoms with E-state index in [-0.39, 0.29) is 0 Å². The maximum Gasteiger partial charge on any atom is 0.0950 e. The molecule has 84 valence electrons. The highest BCUT2D eigenvalue weighted by molar-refractivity contribution is 4.97. The van der Waals surface area contributed by atoms with Crippen molar-refractivity contribution in [1.82, 2.24) is 14.5 Å². The summed E-state index contributed by atoms with van der Waals surface area (Å²) in [6, 6.07) is 0.598. The molecule has 2 heterocycles. The lowest BCUT2D eigenvalue weighted by Crippen LogP contribution is -2.33. The quantitative estimate of drug-likeness (QED) is 0.740. The minimum absolute atomic E-state index is 0.598. The molecular formula is C12H21N3. The van der Waals surface area contributed by atoms with Crippen LogP contribution in [0, 0.1) is 12.8 Å². The van der Waals surface area contributed by atoms with Crippen LogP contribution in [0.4, 0.5) is 0 Å². The molecule has 0 amide bonds.